The molecule has 2 atom stereocenters. The van der Waals surface area contributed by atoms with E-state index >= 15 is 0 Å². The lowest BCUT2D eigenvalue weighted by Gasteiger charge is -2.31. The fourth-order valence-corrected chi connectivity index (χ4v) is 6.82. The lowest BCUT2D eigenvalue weighted by Crippen LogP contribution is -2.50. The Labute approximate surface area is 365 Å². The maximum Gasteiger partial charge on any atom is 0.573 e. The first-order chi connectivity index (χ1) is 29.5. The van der Waals surface area contributed by atoms with Gasteiger partial charge in [0, 0.05) is 29.5 Å². The molecule has 0 saturated heterocycles. The molecule has 2 aromatic carbocycles. The number of halogens is 12. The van der Waals surface area contributed by atoms with Crippen LogP contribution >= 0.6 is 23.2 Å². The summed E-state index contributed by atoms with van der Waals surface area (Å²) in [6, 6.07) is 4.89. The third kappa shape index (κ3) is 11.1. The van der Waals surface area contributed by atoms with Crippen LogP contribution in [0.1, 0.15) is 68.8 Å². The monoisotopic (exact) mass is 960 g/mol. The lowest BCUT2D eigenvalue weighted by atomic mass is 9.93. The summed E-state index contributed by atoms with van der Waals surface area (Å²) < 4.78 is 161. The van der Waals surface area contributed by atoms with Gasteiger partial charge in [-0.15, -0.1) is 13.2 Å². The predicted octanol–water partition coefficient (Wildman–Crippen LogP) is 10.0. The average Bonchev–Trinajstić information content (AvgIpc) is 3.58. The molecule has 0 bridgehead atoms. The number of esters is 2. The fourth-order valence-electron chi connectivity index (χ4n) is 6.33. The second-order valence-electron chi connectivity index (χ2n) is 15.2. The van der Waals surface area contributed by atoms with Crippen LogP contribution in [0.5, 0.6) is 5.75 Å². The highest BCUT2D eigenvalue weighted by atomic mass is 35.5. The molecule has 0 spiro atoms. The van der Waals surface area contributed by atoms with Gasteiger partial charge in [-0.05, 0) is 82.7 Å². The van der Waals surface area contributed by atoms with Crippen molar-refractivity contribution in [3.63, 3.8) is 0 Å². The van der Waals surface area contributed by atoms with E-state index in [0.717, 1.165) is 35.5 Å². The standard InChI is InChI=1S/C39H32Cl2F10N4O9/c1-34(2,3)64-30(57)10-9-29(56)61-26-5-4-6-27(26)62-33(59)60-19-54(35(18-52)11-12-35)32(58)23-13-20(7-8-24(23)40)21-16-53-55(17-21)31-25(41)14-22(15-28(31)63-39(49,50)51)36(42,37(43,44)45)38(46,47)48/h7-10,13-17,26-27H,4-6,11-12,19H2,1-3H3/b10-9+/t26-,27-/m0/s1. The molecule has 1 amide bonds. The summed E-state index contributed by atoms with van der Waals surface area (Å²) in [4.78, 5) is 52.0. The summed E-state index contributed by atoms with van der Waals surface area (Å²) >= 11 is 12.3. The molecule has 346 valence electrons. The second-order valence-corrected chi connectivity index (χ2v) is 16.0. The van der Waals surface area contributed by atoms with Crippen molar-refractivity contribution in [3.05, 3.63) is 76.0 Å². The molecular formula is C39H32Cl2F10N4O9. The van der Waals surface area contributed by atoms with Crippen molar-refractivity contribution in [2.75, 3.05) is 6.73 Å². The molecule has 5 rings (SSSR count). The smallest absolute Gasteiger partial charge is 0.457 e. The van der Waals surface area contributed by atoms with Gasteiger partial charge in [0.2, 0.25) is 0 Å². The fraction of sp³-hybridized carbons (Fsp3) is 0.436. The summed E-state index contributed by atoms with van der Waals surface area (Å²) in [7, 11) is 0. The van der Waals surface area contributed by atoms with E-state index in [4.69, 9.17) is 42.1 Å². The number of amides is 1. The van der Waals surface area contributed by atoms with Crippen LogP contribution in [0.25, 0.3) is 16.8 Å². The first kappa shape index (κ1) is 49.3. The number of aromatic nitrogens is 2. The maximum atomic E-state index is 14.9. The quantitative estimate of drug-likeness (QED) is 0.0559. The van der Waals surface area contributed by atoms with E-state index in [0.29, 0.717) is 11.1 Å². The van der Waals surface area contributed by atoms with Gasteiger partial charge in [-0.3, -0.25) is 9.69 Å². The molecule has 1 aromatic heterocycles. The van der Waals surface area contributed by atoms with E-state index in [1.54, 1.807) is 20.8 Å². The SMILES string of the molecule is CC(C)(C)OC(=O)/C=C/C(=O)O[C@H]1CCC[C@@H]1OC(=O)OCN(C(=O)c1cc(-c2cnn(-c3c(Cl)cc(C(F)(C(F)(F)F)C(F)(F)F)cc3OC(F)(F)F)c2)ccc1Cl)C1(C#N)CC1. The van der Waals surface area contributed by atoms with Gasteiger partial charge in [0.25, 0.3) is 5.91 Å². The molecular weight excluding hydrogens is 929 g/mol. The predicted molar refractivity (Wildman–Crippen MR) is 199 cm³/mol. The molecule has 0 radical (unpaired) electrons. The summed E-state index contributed by atoms with van der Waals surface area (Å²) in [5.41, 5.74) is -12.3. The van der Waals surface area contributed by atoms with Gasteiger partial charge >= 0.3 is 42.5 Å². The Balaban J connectivity index is 1.36. The topological polar surface area (TPSA) is 159 Å². The molecule has 13 nitrogen and oxygen atoms in total. The van der Waals surface area contributed by atoms with Gasteiger partial charge < -0.3 is 23.7 Å². The van der Waals surface area contributed by atoms with Gasteiger partial charge in [0.15, 0.2) is 12.5 Å². The number of benzene rings is 2. The Hall–Kier alpha value is -5.76. The zero-order valence-corrected chi connectivity index (χ0v) is 34.6. The molecule has 2 aliphatic rings. The molecule has 1 heterocycles. The number of nitriles is 1. The highest BCUT2D eigenvalue weighted by Crippen LogP contribution is 2.55. The number of hydrogen-bond acceptors (Lipinski definition) is 11. The molecule has 0 aliphatic heterocycles. The Morgan fingerprint density at radius 2 is 1.48 bits per heavy atom. The van der Waals surface area contributed by atoms with Crippen molar-refractivity contribution < 1.29 is 86.8 Å². The number of carbonyl (C=O) groups excluding carboxylic acids is 4. The van der Waals surface area contributed by atoms with Crippen LogP contribution in [0.4, 0.5) is 48.7 Å². The molecule has 2 fully saturated rings. The van der Waals surface area contributed by atoms with Gasteiger partial charge in [0.1, 0.15) is 29.0 Å². The van der Waals surface area contributed by atoms with Crippen LogP contribution in [0.15, 0.2) is 54.9 Å². The zero-order chi connectivity index (χ0) is 47.8. The Morgan fingerprint density at radius 1 is 0.875 bits per heavy atom. The summed E-state index contributed by atoms with van der Waals surface area (Å²) in [5.74, 6) is -4.50. The van der Waals surface area contributed by atoms with Crippen LogP contribution in [0.3, 0.4) is 0 Å². The largest absolute Gasteiger partial charge is 0.573 e. The third-order valence-corrected chi connectivity index (χ3v) is 10.1. The number of ether oxygens (including phenoxy) is 5. The highest BCUT2D eigenvalue weighted by molar-refractivity contribution is 6.34. The van der Waals surface area contributed by atoms with E-state index in [1.165, 1.54) is 12.1 Å². The molecule has 25 heteroatoms. The van der Waals surface area contributed by atoms with E-state index < -0.39 is 107 Å². The van der Waals surface area contributed by atoms with E-state index in [2.05, 4.69) is 9.84 Å². The number of carbonyl (C=O) groups is 4. The van der Waals surface area contributed by atoms with Crippen LogP contribution < -0.4 is 4.74 Å². The van der Waals surface area contributed by atoms with Gasteiger partial charge in [-0.25, -0.2) is 23.5 Å². The van der Waals surface area contributed by atoms with Crippen molar-refractivity contribution >= 4 is 47.2 Å². The number of rotatable bonds is 12. The van der Waals surface area contributed by atoms with E-state index in [1.807, 2.05) is 6.07 Å². The zero-order valence-electron chi connectivity index (χ0n) is 33.1. The van der Waals surface area contributed by atoms with Crippen molar-refractivity contribution in [2.24, 2.45) is 0 Å². The van der Waals surface area contributed by atoms with Crippen molar-refractivity contribution in [3.8, 4) is 28.6 Å². The number of nitrogens with zero attached hydrogens (tertiary/aromatic N) is 4. The van der Waals surface area contributed by atoms with Crippen molar-refractivity contribution in [1.29, 1.82) is 5.26 Å². The van der Waals surface area contributed by atoms with Crippen LogP contribution in [-0.2, 0) is 34.2 Å². The molecule has 3 aromatic rings. The van der Waals surface area contributed by atoms with Crippen LogP contribution in [0.2, 0.25) is 10.0 Å². The first-order valence-corrected chi connectivity index (χ1v) is 19.2. The maximum absolute atomic E-state index is 14.9. The van der Waals surface area contributed by atoms with Gasteiger partial charge in [-0.1, -0.05) is 29.3 Å². The van der Waals surface area contributed by atoms with Crippen molar-refractivity contribution in [1.82, 2.24) is 14.7 Å². The second kappa shape index (κ2) is 18.0. The minimum absolute atomic E-state index is 0.0202. The lowest BCUT2D eigenvalue weighted by molar-refractivity contribution is -0.348. The van der Waals surface area contributed by atoms with Gasteiger partial charge in [0.05, 0.1) is 27.9 Å². The molecule has 0 N–H and O–H groups in total. The summed E-state index contributed by atoms with van der Waals surface area (Å²) in [6.45, 7) is 4.02. The van der Waals surface area contributed by atoms with Crippen molar-refractivity contribution in [2.45, 2.75) is 101 Å². The van der Waals surface area contributed by atoms with Crippen LogP contribution in [-0.4, -0.2) is 87.5 Å². The Bertz CT molecular complexity index is 2350. The van der Waals surface area contributed by atoms with Crippen LogP contribution in [0, 0.1) is 11.3 Å². The minimum atomic E-state index is -6.71. The number of hydrogen-bond donors (Lipinski definition) is 0. The van der Waals surface area contributed by atoms with E-state index in [-0.39, 0.29) is 53.5 Å². The minimum Gasteiger partial charge on any atom is -0.457 e. The molecule has 2 aliphatic carbocycles. The highest BCUT2D eigenvalue weighted by Gasteiger charge is 2.73. The van der Waals surface area contributed by atoms with E-state index in [9.17, 15) is 68.3 Å². The normalized spacial score (nSPS) is 17.7. The molecule has 64 heavy (non-hydrogen) atoms. The molecule has 0 unspecified atom stereocenters. The Kier molecular flexibility index (Phi) is 13.9. The first-order valence-electron chi connectivity index (χ1n) is 18.4. The van der Waals surface area contributed by atoms with Gasteiger partial charge in [-0.2, -0.15) is 36.7 Å². The molecule has 2 saturated carbocycles. The Morgan fingerprint density at radius 3 is 2.05 bits per heavy atom. The number of alkyl halides is 10. The third-order valence-electron chi connectivity index (χ3n) is 9.45. The average molecular weight is 962 g/mol. The summed E-state index contributed by atoms with van der Waals surface area (Å²) in [6.07, 6.45) is -17.6. The summed E-state index contributed by atoms with van der Waals surface area (Å²) in [5, 5.41) is 12.3.